The summed E-state index contributed by atoms with van der Waals surface area (Å²) in [5, 5.41) is 0. The first-order chi connectivity index (χ1) is 7.10. The summed E-state index contributed by atoms with van der Waals surface area (Å²) in [4.78, 5) is 2.38. The summed E-state index contributed by atoms with van der Waals surface area (Å²) in [5.41, 5.74) is 2.51. The zero-order valence-corrected chi connectivity index (χ0v) is 11.3. The van der Waals surface area contributed by atoms with Crippen molar-refractivity contribution in [1.82, 2.24) is 4.90 Å². The molecule has 0 fully saturated rings. The maximum Gasteiger partial charge on any atom is 0.122 e. The highest BCUT2D eigenvalue weighted by molar-refractivity contribution is 9.09. The van der Waals surface area contributed by atoms with Crippen LogP contribution in [0.4, 0.5) is 0 Å². The number of hydrogen-bond acceptors (Lipinski definition) is 2. The molecule has 0 aliphatic rings. The van der Waals surface area contributed by atoms with Gasteiger partial charge in [0.05, 0.1) is 12.1 Å². The summed E-state index contributed by atoms with van der Waals surface area (Å²) in [6.07, 6.45) is 0.990. The molecule has 84 valence electrons. The molecule has 3 heteroatoms. The van der Waals surface area contributed by atoms with Crippen LogP contribution in [0.1, 0.15) is 23.0 Å². The third kappa shape index (κ3) is 2.95. The Balaban J connectivity index is 3.02. The molecule has 0 bridgehead atoms. The van der Waals surface area contributed by atoms with E-state index >= 15 is 0 Å². The first-order valence-electron chi connectivity index (χ1n) is 5.07. The van der Waals surface area contributed by atoms with Crippen molar-refractivity contribution in [1.29, 1.82) is 0 Å². The Morgan fingerprint density at radius 3 is 2.53 bits per heavy atom. The van der Waals surface area contributed by atoms with Gasteiger partial charge in [-0.2, -0.15) is 0 Å². The van der Waals surface area contributed by atoms with Gasteiger partial charge in [0.2, 0.25) is 0 Å². The highest BCUT2D eigenvalue weighted by atomic mass is 79.9. The second-order valence-corrected chi connectivity index (χ2v) is 4.59. The molecule has 0 saturated carbocycles. The molecule has 2 nitrogen and oxygen atoms in total. The van der Waals surface area contributed by atoms with Crippen LogP contribution in [-0.2, 0) is 6.42 Å². The maximum atomic E-state index is 5.30. The van der Waals surface area contributed by atoms with E-state index in [9.17, 15) is 0 Å². The normalized spacial score (nSPS) is 12.9. The van der Waals surface area contributed by atoms with Crippen LogP contribution in [-0.4, -0.2) is 26.1 Å². The minimum Gasteiger partial charge on any atom is -0.496 e. The summed E-state index contributed by atoms with van der Waals surface area (Å²) >= 11 is 3.65. The van der Waals surface area contributed by atoms with Gasteiger partial charge in [0.15, 0.2) is 0 Å². The molecule has 0 amide bonds. The molecule has 15 heavy (non-hydrogen) atoms. The Labute approximate surface area is 100 Å². The molecule has 0 spiro atoms. The fourth-order valence-corrected chi connectivity index (χ4v) is 1.81. The van der Waals surface area contributed by atoms with E-state index in [4.69, 9.17) is 4.74 Å². The molecule has 0 saturated heterocycles. The van der Waals surface area contributed by atoms with Crippen molar-refractivity contribution in [2.75, 3.05) is 21.2 Å². The van der Waals surface area contributed by atoms with E-state index in [2.05, 4.69) is 54.0 Å². The molecule has 0 N–H and O–H groups in total. The minimum atomic E-state index is 0.258. The van der Waals surface area contributed by atoms with Crippen LogP contribution < -0.4 is 4.74 Å². The number of rotatable bonds is 4. The van der Waals surface area contributed by atoms with Gasteiger partial charge in [-0.15, -0.1) is 0 Å². The third-order valence-electron chi connectivity index (χ3n) is 2.41. The zero-order chi connectivity index (χ0) is 11.4. The van der Waals surface area contributed by atoms with Crippen LogP contribution in [0.5, 0.6) is 5.75 Å². The monoisotopic (exact) mass is 271 g/mol. The average molecular weight is 272 g/mol. The lowest BCUT2D eigenvalue weighted by molar-refractivity contribution is 0.394. The second-order valence-electron chi connectivity index (χ2n) is 3.72. The predicted octanol–water partition coefficient (Wildman–Crippen LogP) is 3.21. The molecule has 1 aromatic rings. The van der Waals surface area contributed by atoms with Crippen LogP contribution in [0.15, 0.2) is 18.2 Å². The van der Waals surface area contributed by atoms with Gasteiger partial charge in [-0.05, 0) is 43.8 Å². The molecule has 0 aliphatic carbocycles. The Morgan fingerprint density at radius 2 is 2.07 bits per heavy atom. The molecule has 1 aromatic carbocycles. The average Bonchev–Trinajstić information content (AvgIpc) is 2.26. The van der Waals surface area contributed by atoms with E-state index in [0.29, 0.717) is 0 Å². The van der Waals surface area contributed by atoms with Crippen molar-refractivity contribution < 1.29 is 4.74 Å². The van der Waals surface area contributed by atoms with Gasteiger partial charge < -0.3 is 4.74 Å². The number of halogens is 1. The lowest BCUT2D eigenvalue weighted by Gasteiger charge is -2.19. The van der Waals surface area contributed by atoms with Gasteiger partial charge in [-0.1, -0.05) is 28.9 Å². The van der Waals surface area contributed by atoms with E-state index in [1.54, 1.807) is 7.11 Å². The topological polar surface area (TPSA) is 12.5 Å². The van der Waals surface area contributed by atoms with Gasteiger partial charge in [0.25, 0.3) is 0 Å². The molecule has 1 unspecified atom stereocenters. The quantitative estimate of drug-likeness (QED) is 0.616. The molecule has 0 heterocycles. The minimum absolute atomic E-state index is 0.258. The second kappa shape index (κ2) is 5.52. The lowest BCUT2D eigenvalue weighted by Crippen LogP contribution is -2.14. The standard InChI is InChI=1S/C12H18BrNO/c1-5-9-8-10(12(13)14(2)3)6-7-11(9)15-4/h6-8,12H,5H2,1-4H3. The fraction of sp³-hybridized carbons (Fsp3) is 0.500. The van der Waals surface area contributed by atoms with Crippen molar-refractivity contribution in [2.45, 2.75) is 18.3 Å². The molecular weight excluding hydrogens is 254 g/mol. The van der Waals surface area contributed by atoms with Crippen molar-refractivity contribution in [3.8, 4) is 5.75 Å². The van der Waals surface area contributed by atoms with Crippen molar-refractivity contribution >= 4 is 15.9 Å². The van der Waals surface area contributed by atoms with Crippen molar-refractivity contribution in [3.05, 3.63) is 29.3 Å². The summed E-state index contributed by atoms with van der Waals surface area (Å²) < 4.78 is 5.30. The SMILES string of the molecule is CCc1cc(C(Br)N(C)C)ccc1OC. The fourth-order valence-electron chi connectivity index (χ4n) is 1.52. The Hall–Kier alpha value is -0.540. The highest BCUT2D eigenvalue weighted by Gasteiger charge is 2.11. The molecule has 1 atom stereocenters. The number of nitrogens with zero attached hydrogens (tertiary/aromatic N) is 1. The Kier molecular flexibility index (Phi) is 4.61. The van der Waals surface area contributed by atoms with Crippen LogP contribution in [0, 0.1) is 0 Å². The van der Waals surface area contributed by atoms with Crippen molar-refractivity contribution in [3.63, 3.8) is 0 Å². The summed E-state index contributed by atoms with van der Waals surface area (Å²) in [7, 11) is 5.82. The Morgan fingerprint density at radius 1 is 1.40 bits per heavy atom. The van der Waals surface area contributed by atoms with Gasteiger partial charge in [0.1, 0.15) is 5.75 Å². The first kappa shape index (κ1) is 12.5. The number of ether oxygens (including phenoxy) is 1. The van der Waals surface area contributed by atoms with E-state index in [1.165, 1.54) is 11.1 Å². The number of aryl methyl sites for hydroxylation is 1. The predicted molar refractivity (Wildman–Crippen MR) is 67.7 cm³/mol. The van der Waals surface area contributed by atoms with E-state index < -0.39 is 0 Å². The molecular formula is C12H18BrNO. The van der Waals surface area contributed by atoms with Crippen LogP contribution in [0.3, 0.4) is 0 Å². The third-order valence-corrected chi connectivity index (χ3v) is 3.76. The maximum absolute atomic E-state index is 5.30. The summed E-state index contributed by atoms with van der Waals surface area (Å²) in [6, 6.07) is 6.32. The van der Waals surface area contributed by atoms with Gasteiger partial charge in [-0.25, -0.2) is 0 Å². The van der Waals surface area contributed by atoms with Crippen LogP contribution in [0.2, 0.25) is 0 Å². The summed E-state index contributed by atoms with van der Waals surface area (Å²) in [6.45, 7) is 2.14. The molecule has 0 aliphatic heterocycles. The van der Waals surface area contributed by atoms with Gasteiger partial charge in [0, 0.05) is 0 Å². The molecule has 1 rings (SSSR count). The lowest BCUT2D eigenvalue weighted by atomic mass is 10.1. The molecule has 0 radical (unpaired) electrons. The number of hydrogen-bond donors (Lipinski definition) is 0. The number of alkyl halides is 1. The van der Waals surface area contributed by atoms with Gasteiger partial charge in [-0.3, -0.25) is 4.90 Å². The van der Waals surface area contributed by atoms with E-state index in [1.807, 2.05) is 6.07 Å². The molecule has 0 aromatic heterocycles. The number of benzene rings is 1. The summed E-state index contributed by atoms with van der Waals surface area (Å²) in [5.74, 6) is 0.972. The van der Waals surface area contributed by atoms with Crippen molar-refractivity contribution in [2.24, 2.45) is 0 Å². The smallest absolute Gasteiger partial charge is 0.122 e. The largest absolute Gasteiger partial charge is 0.496 e. The van der Waals surface area contributed by atoms with E-state index in [-0.39, 0.29) is 4.95 Å². The highest BCUT2D eigenvalue weighted by Crippen LogP contribution is 2.29. The van der Waals surface area contributed by atoms with Crippen LogP contribution >= 0.6 is 15.9 Å². The van der Waals surface area contributed by atoms with Gasteiger partial charge >= 0.3 is 0 Å². The zero-order valence-electron chi connectivity index (χ0n) is 9.75. The number of methoxy groups -OCH3 is 1. The Bertz CT molecular complexity index is 325. The first-order valence-corrected chi connectivity index (χ1v) is 5.99. The van der Waals surface area contributed by atoms with E-state index in [0.717, 1.165) is 12.2 Å². The van der Waals surface area contributed by atoms with Crippen LogP contribution in [0.25, 0.3) is 0 Å².